The molecule has 6 rings (SSSR count). The van der Waals surface area contributed by atoms with Gasteiger partial charge in [0.1, 0.15) is 5.75 Å². The highest BCUT2D eigenvalue weighted by Crippen LogP contribution is 2.61. The molecule has 34 heavy (non-hydrogen) atoms. The molecule has 5 aliphatic carbocycles. The third-order valence-corrected chi connectivity index (χ3v) is 9.77. The van der Waals surface area contributed by atoms with Gasteiger partial charge < -0.3 is 9.47 Å². The molecule has 190 valence electrons. The SMILES string of the molecule is CC(C)CC(c1ccc(OC(CC23CC4CC(CC(C4)C2)C3)OC2CCCCC2)cc1)C(C)C. The Morgan fingerprint density at radius 3 is 1.94 bits per heavy atom. The van der Waals surface area contributed by atoms with Gasteiger partial charge in [-0.3, -0.25) is 0 Å². The molecule has 0 amide bonds. The van der Waals surface area contributed by atoms with Crippen molar-refractivity contribution in [2.45, 2.75) is 129 Å². The molecule has 1 aromatic carbocycles. The zero-order chi connectivity index (χ0) is 23.7. The summed E-state index contributed by atoms with van der Waals surface area (Å²) in [7, 11) is 0. The van der Waals surface area contributed by atoms with Gasteiger partial charge in [-0.1, -0.05) is 59.1 Å². The molecule has 5 saturated carbocycles. The molecular weight excluding hydrogens is 416 g/mol. The van der Waals surface area contributed by atoms with Crippen LogP contribution in [-0.2, 0) is 4.74 Å². The Balaban J connectivity index is 1.29. The van der Waals surface area contributed by atoms with Gasteiger partial charge in [0.2, 0.25) is 6.29 Å². The van der Waals surface area contributed by atoms with Crippen molar-refractivity contribution in [2.75, 3.05) is 0 Å². The third kappa shape index (κ3) is 5.85. The first-order chi connectivity index (χ1) is 16.4. The number of hydrogen-bond donors (Lipinski definition) is 0. The van der Waals surface area contributed by atoms with E-state index in [1.54, 1.807) is 0 Å². The molecule has 1 aromatic rings. The van der Waals surface area contributed by atoms with Crippen LogP contribution in [-0.4, -0.2) is 12.4 Å². The fourth-order valence-corrected chi connectivity index (χ4v) is 8.67. The molecule has 0 aliphatic heterocycles. The number of rotatable bonds is 10. The van der Waals surface area contributed by atoms with Crippen LogP contribution in [0.3, 0.4) is 0 Å². The lowest BCUT2D eigenvalue weighted by Gasteiger charge is -2.57. The first kappa shape index (κ1) is 24.7. The Labute approximate surface area is 209 Å². The molecule has 5 fully saturated rings. The number of ether oxygens (including phenoxy) is 2. The molecule has 2 atom stereocenters. The van der Waals surface area contributed by atoms with Crippen LogP contribution in [0.2, 0.25) is 0 Å². The van der Waals surface area contributed by atoms with Gasteiger partial charge in [-0.15, -0.1) is 0 Å². The molecule has 0 radical (unpaired) electrons. The van der Waals surface area contributed by atoms with E-state index in [1.165, 1.54) is 82.6 Å². The Kier molecular flexibility index (Phi) is 7.64. The Morgan fingerprint density at radius 1 is 0.824 bits per heavy atom. The second-order valence-electron chi connectivity index (χ2n) is 13.6. The van der Waals surface area contributed by atoms with Gasteiger partial charge in [0.25, 0.3) is 0 Å². The van der Waals surface area contributed by atoms with E-state index >= 15 is 0 Å². The Morgan fingerprint density at radius 2 is 1.41 bits per heavy atom. The lowest BCUT2D eigenvalue weighted by atomic mass is 9.49. The van der Waals surface area contributed by atoms with E-state index < -0.39 is 0 Å². The molecule has 0 aromatic heterocycles. The first-order valence-corrected chi connectivity index (χ1v) is 14.8. The Bertz CT molecular complexity index is 737. The van der Waals surface area contributed by atoms with E-state index in [2.05, 4.69) is 52.0 Å². The van der Waals surface area contributed by atoms with Gasteiger partial charge in [-0.2, -0.15) is 0 Å². The maximum atomic E-state index is 6.78. The second kappa shape index (κ2) is 10.5. The average molecular weight is 467 g/mol. The zero-order valence-corrected chi connectivity index (χ0v) is 22.4. The summed E-state index contributed by atoms with van der Waals surface area (Å²) in [5.41, 5.74) is 1.94. The van der Waals surface area contributed by atoms with Gasteiger partial charge in [0.05, 0.1) is 6.10 Å². The van der Waals surface area contributed by atoms with Crippen molar-refractivity contribution in [3.8, 4) is 5.75 Å². The van der Waals surface area contributed by atoms with Crippen molar-refractivity contribution in [3.63, 3.8) is 0 Å². The molecule has 0 heterocycles. The predicted molar refractivity (Wildman–Crippen MR) is 141 cm³/mol. The lowest BCUT2D eigenvalue weighted by Crippen LogP contribution is -2.48. The predicted octanol–water partition coefficient (Wildman–Crippen LogP) is 9.13. The van der Waals surface area contributed by atoms with Gasteiger partial charge in [0, 0.05) is 6.42 Å². The minimum atomic E-state index is -0.0817. The maximum Gasteiger partial charge on any atom is 0.200 e. The standard InChI is InChI=1S/C32H50O2/c1-22(2)14-30(23(3)4)27-10-12-29(13-11-27)34-31(33-28-8-6-5-7-9-28)21-32-18-24-15-25(19-32)17-26(16-24)20-32/h10-13,22-26,28,30-31H,5-9,14-21H2,1-4H3. The molecule has 0 spiro atoms. The van der Waals surface area contributed by atoms with E-state index in [0.717, 1.165) is 35.8 Å². The molecular formula is C32H50O2. The lowest BCUT2D eigenvalue weighted by molar-refractivity contribution is -0.169. The maximum absolute atomic E-state index is 6.78. The van der Waals surface area contributed by atoms with Crippen LogP contribution in [0.25, 0.3) is 0 Å². The molecule has 5 aliphatic rings. The summed E-state index contributed by atoms with van der Waals surface area (Å²) in [5.74, 6) is 5.94. The van der Waals surface area contributed by atoms with Crippen molar-refractivity contribution in [2.24, 2.45) is 35.0 Å². The summed E-state index contributed by atoms with van der Waals surface area (Å²) in [5, 5.41) is 0. The molecule has 2 unspecified atom stereocenters. The quantitative estimate of drug-likeness (QED) is 0.320. The van der Waals surface area contributed by atoms with E-state index in [1.807, 2.05) is 0 Å². The van der Waals surface area contributed by atoms with Crippen molar-refractivity contribution < 1.29 is 9.47 Å². The van der Waals surface area contributed by atoms with Crippen molar-refractivity contribution >= 4 is 0 Å². The van der Waals surface area contributed by atoms with Crippen molar-refractivity contribution in [3.05, 3.63) is 29.8 Å². The van der Waals surface area contributed by atoms with Gasteiger partial charge in [-0.25, -0.2) is 0 Å². The highest BCUT2D eigenvalue weighted by molar-refractivity contribution is 5.30. The minimum Gasteiger partial charge on any atom is -0.465 e. The fraction of sp³-hybridized carbons (Fsp3) is 0.812. The highest BCUT2D eigenvalue weighted by atomic mass is 16.7. The number of hydrogen-bond acceptors (Lipinski definition) is 2. The fourth-order valence-electron chi connectivity index (χ4n) is 8.67. The summed E-state index contributed by atoms with van der Waals surface area (Å²) in [4.78, 5) is 0. The zero-order valence-electron chi connectivity index (χ0n) is 22.4. The summed E-state index contributed by atoms with van der Waals surface area (Å²) in [6.07, 6.45) is 17.9. The van der Waals surface area contributed by atoms with Crippen LogP contribution in [0.15, 0.2) is 24.3 Å². The van der Waals surface area contributed by atoms with Crippen LogP contribution >= 0.6 is 0 Å². The molecule has 2 heteroatoms. The second-order valence-corrected chi connectivity index (χ2v) is 13.6. The smallest absolute Gasteiger partial charge is 0.200 e. The summed E-state index contributed by atoms with van der Waals surface area (Å²) >= 11 is 0. The summed E-state index contributed by atoms with van der Waals surface area (Å²) in [6.45, 7) is 9.39. The van der Waals surface area contributed by atoms with Gasteiger partial charge in [-0.05, 0) is 116 Å². The average Bonchev–Trinajstić information content (AvgIpc) is 2.77. The summed E-state index contributed by atoms with van der Waals surface area (Å²) in [6, 6.07) is 9.10. The highest BCUT2D eigenvalue weighted by Gasteiger charge is 2.52. The van der Waals surface area contributed by atoms with Gasteiger partial charge in [0.15, 0.2) is 0 Å². The topological polar surface area (TPSA) is 18.5 Å². The first-order valence-electron chi connectivity index (χ1n) is 14.8. The largest absolute Gasteiger partial charge is 0.465 e. The van der Waals surface area contributed by atoms with Crippen molar-refractivity contribution in [1.82, 2.24) is 0 Å². The molecule has 0 saturated heterocycles. The molecule has 2 nitrogen and oxygen atoms in total. The Hall–Kier alpha value is -1.02. The minimum absolute atomic E-state index is 0.0817. The van der Waals surface area contributed by atoms with Gasteiger partial charge >= 0.3 is 0 Å². The molecule has 0 N–H and O–H groups in total. The van der Waals surface area contributed by atoms with Crippen molar-refractivity contribution in [1.29, 1.82) is 0 Å². The van der Waals surface area contributed by atoms with Crippen LogP contribution in [0.5, 0.6) is 5.75 Å². The molecule has 4 bridgehead atoms. The van der Waals surface area contributed by atoms with Crippen LogP contribution < -0.4 is 4.74 Å². The number of benzene rings is 1. The van der Waals surface area contributed by atoms with E-state index in [0.29, 0.717) is 23.4 Å². The monoisotopic (exact) mass is 466 g/mol. The normalized spacial score (nSPS) is 32.9. The van der Waals surface area contributed by atoms with Crippen LogP contribution in [0, 0.1) is 35.0 Å². The van der Waals surface area contributed by atoms with E-state index in [4.69, 9.17) is 9.47 Å². The van der Waals surface area contributed by atoms with Crippen LogP contribution in [0.1, 0.15) is 123 Å². The summed E-state index contributed by atoms with van der Waals surface area (Å²) < 4.78 is 13.5. The third-order valence-electron chi connectivity index (χ3n) is 9.77. The van der Waals surface area contributed by atoms with E-state index in [9.17, 15) is 0 Å². The van der Waals surface area contributed by atoms with E-state index in [-0.39, 0.29) is 6.29 Å². The van der Waals surface area contributed by atoms with Crippen LogP contribution in [0.4, 0.5) is 0 Å².